The molecule has 1 aromatic heterocycles. The van der Waals surface area contributed by atoms with Gasteiger partial charge >= 0.3 is 0 Å². The van der Waals surface area contributed by atoms with Crippen LogP contribution < -0.4 is 4.90 Å². The molecule has 0 aliphatic carbocycles. The Hall–Kier alpha value is -2.35. The molecule has 4 rings (SSSR count). The summed E-state index contributed by atoms with van der Waals surface area (Å²) >= 11 is 9.93. The molecule has 3 aromatic rings. The van der Waals surface area contributed by atoms with E-state index in [4.69, 9.17) is 16.0 Å². The summed E-state index contributed by atoms with van der Waals surface area (Å²) in [6, 6.07) is 14.8. The van der Waals surface area contributed by atoms with E-state index in [1.807, 2.05) is 24.3 Å². The monoisotopic (exact) mass is 477 g/mol. The molecule has 0 radical (unpaired) electrons. The van der Waals surface area contributed by atoms with Gasteiger partial charge in [-0.15, -0.1) is 0 Å². The van der Waals surface area contributed by atoms with Crippen LogP contribution in [0.3, 0.4) is 0 Å². The zero-order valence-electron chi connectivity index (χ0n) is 14.0. The van der Waals surface area contributed by atoms with Crippen molar-refractivity contribution in [3.8, 4) is 11.3 Å². The van der Waals surface area contributed by atoms with Crippen LogP contribution in [0.2, 0.25) is 5.02 Å². The van der Waals surface area contributed by atoms with Crippen LogP contribution in [-0.4, -0.2) is 11.1 Å². The molecule has 0 spiro atoms. The van der Waals surface area contributed by atoms with Gasteiger partial charge in [-0.2, -0.15) is 0 Å². The average Bonchev–Trinajstić information content (AvgIpc) is 3.23. The number of nitrogens with zero attached hydrogens (tertiary/aromatic N) is 1. The first kappa shape index (κ1) is 19.0. The molecule has 28 heavy (non-hydrogen) atoms. The molecule has 1 aliphatic heterocycles. The average molecular weight is 479 g/mol. The van der Waals surface area contributed by atoms with Crippen molar-refractivity contribution in [2.45, 2.75) is 0 Å². The van der Waals surface area contributed by atoms with Crippen molar-refractivity contribution in [1.82, 2.24) is 0 Å². The summed E-state index contributed by atoms with van der Waals surface area (Å²) in [5.74, 6) is -0.0490. The lowest BCUT2D eigenvalue weighted by atomic mass is 10.2. The van der Waals surface area contributed by atoms with Gasteiger partial charge in [-0.3, -0.25) is 9.59 Å². The zero-order valence-corrected chi connectivity index (χ0v) is 17.1. The first-order valence-electron chi connectivity index (χ1n) is 8.01. The number of amides is 2. The molecule has 0 N–H and O–H groups in total. The van der Waals surface area contributed by atoms with Gasteiger partial charge in [0.25, 0.3) is 11.1 Å². The van der Waals surface area contributed by atoms with E-state index < -0.39 is 17.0 Å². The largest absolute Gasteiger partial charge is 0.457 e. The number of carbonyl (C=O) groups is 2. The van der Waals surface area contributed by atoms with Gasteiger partial charge in [0.2, 0.25) is 0 Å². The van der Waals surface area contributed by atoms with Crippen LogP contribution in [-0.2, 0) is 4.79 Å². The quantitative estimate of drug-likeness (QED) is 0.391. The fraction of sp³-hybridized carbons (Fsp3) is 0. The van der Waals surface area contributed by atoms with Crippen LogP contribution in [0.5, 0.6) is 0 Å². The Labute approximate surface area is 177 Å². The van der Waals surface area contributed by atoms with Crippen LogP contribution in [0, 0.1) is 5.82 Å². The molecule has 1 aliphatic rings. The number of rotatable bonds is 3. The number of thioether (sulfide) groups is 1. The number of hydrogen-bond donors (Lipinski definition) is 0. The normalized spacial score (nSPS) is 15.7. The Morgan fingerprint density at radius 1 is 1.07 bits per heavy atom. The summed E-state index contributed by atoms with van der Waals surface area (Å²) in [7, 11) is 0. The highest BCUT2D eigenvalue weighted by atomic mass is 79.9. The second kappa shape index (κ2) is 7.58. The van der Waals surface area contributed by atoms with Gasteiger partial charge in [-0.25, -0.2) is 9.29 Å². The Morgan fingerprint density at radius 3 is 2.54 bits per heavy atom. The number of furan rings is 1. The molecule has 0 atom stereocenters. The van der Waals surface area contributed by atoms with E-state index in [1.54, 1.807) is 12.1 Å². The van der Waals surface area contributed by atoms with Crippen molar-refractivity contribution in [1.29, 1.82) is 0 Å². The number of imide groups is 1. The third kappa shape index (κ3) is 3.65. The van der Waals surface area contributed by atoms with Gasteiger partial charge in [-0.1, -0.05) is 39.7 Å². The SMILES string of the molecule is O=C1S/C(=C/c2ccc(-c3ccc(Br)cc3)o2)C(=O)N1c1ccc(F)c(Cl)c1. The molecule has 140 valence electrons. The highest BCUT2D eigenvalue weighted by Crippen LogP contribution is 2.37. The predicted octanol–water partition coefficient (Wildman–Crippen LogP) is 6.74. The van der Waals surface area contributed by atoms with Crippen molar-refractivity contribution in [2.75, 3.05) is 4.90 Å². The topological polar surface area (TPSA) is 50.5 Å². The predicted molar refractivity (Wildman–Crippen MR) is 112 cm³/mol. The first-order valence-corrected chi connectivity index (χ1v) is 10.00. The maximum absolute atomic E-state index is 13.4. The lowest BCUT2D eigenvalue weighted by Gasteiger charge is -2.12. The third-order valence-electron chi connectivity index (χ3n) is 3.98. The number of anilines is 1. The third-order valence-corrected chi connectivity index (χ3v) is 5.67. The number of hydrogen-bond acceptors (Lipinski definition) is 4. The Balaban J connectivity index is 1.61. The van der Waals surface area contributed by atoms with Crippen LogP contribution in [0.4, 0.5) is 14.9 Å². The summed E-state index contributed by atoms with van der Waals surface area (Å²) in [6.45, 7) is 0. The number of carbonyl (C=O) groups excluding carboxylic acids is 2. The Bertz CT molecular complexity index is 1130. The molecule has 8 heteroatoms. The van der Waals surface area contributed by atoms with Crippen molar-refractivity contribution >= 4 is 62.2 Å². The first-order chi connectivity index (χ1) is 13.4. The fourth-order valence-electron chi connectivity index (χ4n) is 2.64. The van der Waals surface area contributed by atoms with Crippen molar-refractivity contribution in [2.24, 2.45) is 0 Å². The van der Waals surface area contributed by atoms with E-state index in [0.717, 1.165) is 32.8 Å². The van der Waals surface area contributed by atoms with Crippen LogP contribution in [0.15, 0.2) is 68.4 Å². The van der Waals surface area contributed by atoms with Gasteiger partial charge in [0.15, 0.2) is 0 Å². The van der Waals surface area contributed by atoms with Gasteiger partial charge < -0.3 is 4.42 Å². The molecule has 0 bridgehead atoms. The highest BCUT2D eigenvalue weighted by Gasteiger charge is 2.36. The fourth-order valence-corrected chi connectivity index (χ4v) is 3.90. The molecule has 0 unspecified atom stereocenters. The molecular formula is C20H10BrClFNO3S. The molecule has 2 aromatic carbocycles. The number of halogens is 3. The highest BCUT2D eigenvalue weighted by molar-refractivity contribution is 9.10. The summed E-state index contributed by atoms with van der Waals surface area (Å²) in [4.78, 5) is 26.1. The smallest absolute Gasteiger partial charge is 0.298 e. The molecule has 2 amide bonds. The minimum absolute atomic E-state index is 0.161. The zero-order chi connectivity index (χ0) is 19.8. The van der Waals surface area contributed by atoms with Gasteiger partial charge in [0.1, 0.15) is 17.3 Å². The van der Waals surface area contributed by atoms with Gasteiger partial charge in [0, 0.05) is 16.1 Å². The van der Waals surface area contributed by atoms with E-state index in [9.17, 15) is 14.0 Å². The molecule has 2 heterocycles. The van der Waals surface area contributed by atoms with Crippen molar-refractivity contribution < 1.29 is 18.4 Å². The van der Waals surface area contributed by atoms with Gasteiger partial charge in [-0.05, 0) is 54.2 Å². The van der Waals surface area contributed by atoms with E-state index in [0.29, 0.717) is 11.5 Å². The maximum atomic E-state index is 13.4. The Kier molecular flexibility index (Phi) is 5.14. The maximum Gasteiger partial charge on any atom is 0.298 e. The summed E-state index contributed by atoms with van der Waals surface area (Å²) in [5, 5.41) is -0.649. The second-order valence-corrected chi connectivity index (χ2v) is 8.14. The standard InChI is InChI=1S/C20H10BrClFNO3S/c21-12-3-1-11(2-4-12)17-8-6-14(27-17)10-18-19(25)24(20(26)28-18)13-5-7-16(23)15(22)9-13/h1-10H/b18-10+. The van der Waals surface area contributed by atoms with Crippen LogP contribution >= 0.6 is 39.3 Å². The van der Waals surface area contributed by atoms with E-state index >= 15 is 0 Å². The summed E-state index contributed by atoms with van der Waals surface area (Å²) < 4.78 is 20.1. The van der Waals surface area contributed by atoms with E-state index in [2.05, 4.69) is 15.9 Å². The summed E-state index contributed by atoms with van der Waals surface area (Å²) in [5.41, 5.74) is 1.10. The molecule has 1 fully saturated rings. The molecule has 4 nitrogen and oxygen atoms in total. The molecular weight excluding hydrogens is 469 g/mol. The van der Waals surface area contributed by atoms with Gasteiger partial charge in [0.05, 0.1) is 15.6 Å². The minimum Gasteiger partial charge on any atom is -0.457 e. The Morgan fingerprint density at radius 2 is 1.82 bits per heavy atom. The van der Waals surface area contributed by atoms with Crippen LogP contribution in [0.25, 0.3) is 17.4 Å². The molecule has 0 saturated carbocycles. The minimum atomic E-state index is -0.621. The van der Waals surface area contributed by atoms with E-state index in [1.165, 1.54) is 18.2 Å². The lowest BCUT2D eigenvalue weighted by molar-refractivity contribution is -0.113. The number of benzene rings is 2. The van der Waals surface area contributed by atoms with Crippen molar-refractivity contribution in [3.63, 3.8) is 0 Å². The molecule has 1 saturated heterocycles. The lowest BCUT2D eigenvalue weighted by Crippen LogP contribution is -2.27. The second-order valence-electron chi connectivity index (χ2n) is 5.82. The van der Waals surface area contributed by atoms with E-state index in [-0.39, 0.29) is 15.6 Å². The summed E-state index contributed by atoms with van der Waals surface area (Å²) in [6.07, 6.45) is 1.51. The van der Waals surface area contributed by atoms with Crippen LogP contribution in [0.1, 0.15) is 5.76 Å². The van der Waals surface area contributed by atoms with Crippen molar-refractivity contribution in [3.05, 3.63) is 80.6 Å².